The Hall–Kier alpha value is -3.03. The van der Waals surface area contributed by atoms with Crippen LogP contribution >= 0.6 is 0 Å². The summed E-state index contributed by atoms with van der Waals surface area (Å²) >= 11 is 0. The monoisotopic (exact) mass is 340 g/mol. The van der Waals surface area contributed by atoms with E-state index >= 15 is 0 Å². The molecule has 0 fully saturated rings. The molecule has 0 bridgehead atoms. The van der Waals surface area contributed by atoms with Crippen LogP contribution < -0.4 is 10.9 Å². The highest BCUT2D eigenvalue weighted by atomic mass is 16.2. The maximum absolute atomic E-state index is 12.8. The van der Waals surface area contributed by atoms with E-state index in [2.05, 4.69) is 20.5 Å². The quantitative estimate of drug-likeness (QED) is 0.749. The van der Waals surface area contributed by atoms with Gasteiger partial charge in [-0.2, -0.15) is 15.0 Å². The Morgan fingerprint density at radius 3 is 2.68 bits per heavy atom. The summed E-state index contributed by atoms with van der Waals surface area (Å²) in [5, 5.41) is 11.2. The summed E-state index contributed by atoms with van der Waals surface area (Å²) in [6.07, 6.45) is 4.81. The summed E-state index contributed by atoms with van der Waals surface area (Å²) in [6.45, 7) is 6.23. The number of amides is 1. The maximum atomic E-state index is 12.8. The summed E-state index contributed by atoms with van der Waals surface area (Å²) < 4.78 is 1.38. The van der Waals surface area contributed by atoms with Crippen molar-refractivity contribution in [2.45, 2.75) is 33.4 Å². The third kappa shape index (κ3) is 3.57. The second-order valence-electron chi connectivity index (χ2n) is 6.26. The molecule has 8 heteroatoms. The SMILES string of the molecule is Cc1cc(=O)n2cccc(C(=O)NC(Cn3nccn3)C(C)C)c2n1. The van der Waals surface area contributed by atoms with E-state index in [-0.39, 0.29) is 23.4 Å². The number of pyridine rings is 1. The molecule has 1 N–H and O–H groups in total. The average molecular weight is 340 g/mol. The number of hydrogen-bond acceptors (Lipinski definition) is 5. The normalized spacial score (nSPS) is 12.5. The molecule has 1 atom stereocenters. The third-order valence-corrected chi connectivity index (χ3v) is 4.01. The first-order chi connectivity index (χ1) is 12.0. The number of fused-ring (bicyclic) bond motifs is 1. The number of hydrogen-bond donors (Lipinski definition) is 1. The molecule has 0 aliphatic carbocycles. The summed E-state index contributed by atoms with van der Waals surface area (Å²) in [4.78, 5) is 30.8. The van der Waals surface area contributed by atoms with Gasteiger partial charge in [-0.3, -0.25) is 14.0 Å². The molecule has 1 unspecified atom stereocenters. The van der Waals surface area contributed by atoms with E-state index in [1.807, 2.05) is 13.8 Å². The van der Waals surface area contributed by atoms with E-state index in [1.165, 1.54) is 10.5 Å². The van der Waals surface area contributed by atoms with Crippen molar-refractivity contribution in [2.24, 2.45) is 5.92 Å². The molecule has 1 amide bonds. The zero-order chi connectivity index (χ0) is 18.0. The minimum Gasteiger partial charge on any atom is -0.347 e. The van der Waals surface area contributed by atoms with E-state index in [4.69, 9.17) is 0 Å². The molecule has 3 aromatic heterocycles. The molecule has 0 saturated heterocycles. The van der Waals surface area contributed by atoms with Gasteiger partial charge in [-0.15, -0.1) is 0 Å². The first-order valence-corrected chi connectivity index (χ1v) is 8.09. The van der Waals surface area contributed by atoms with Crippen molar-refractivity contribution in [3.63, 3.8) is 0 Å². The van der Waals surface area contributed by atoms with E-state index in [0.29, 0.717) is 23.4 Å². The first-order valence-electron chi connectivity index (χ1n) is 8.09. The number of rotatable bonds is 5. The molecule has 0 spiro atoms. The number of aromatic nitrogens is 5. The second-order valence-corrected chi connectivity index (χ2v) is 6.26. The van der Waals surface area contributed by atoms with Gasteiger partial charge in [-0.05, 0) is 25.0 Å². The molecule has 3 rings (SSSR count). The number of aryl methyl sites for hydroxylation is 1. The molecule has 3 aromatic rings. The van der Waals surface area contributed by atoms with Crippen molar-refractivity contribution in [2.75, 3.05) is 0 Å². The van der Waals surface area contributed by atoms with Gasteiger partial charge in [0.25, 0.3) is 11.5 Å². The number of carbonyl (C=O) groups is 1. The Labute approximate surface area is 144 Å². The van der Waals surface area contributed by atoms with Gasteiger partial charge in [-0.25, -0.2) is 4.98 Å². The van der Waals surface area contributed by atoms with Crippen LogP contribution in [0.5, 0.6) is 0 Å². The molecule has 0 aliphatic rings. The molecule has 0 aliphatic heterocycles. The maximum Gasteiger partial charge on any atom is 0.258 e. The predicted octanol–water partition coefficient (Wildman–Crippen LogP) is 1.05. The first kappa shape index (κ1) is 16.8. The van der Waals surface area contributed by atoms with Crippen molar-refractivity contribution in [1.82, 2.24) is 29.7 Å². The largest absolute Gasteiger partial charge is 0.347 e. The van der Waals surface area contributed by atoms with Gasteiger partial charge < -0.3 is 5.32 Å². The molecule has 8 nitrogen and oxygen atoms in total. The molecule has 3 heterocycles. The Bertz CT molecular complexity index is 945. The van der Waals surface area contributed by atoms with Gasteiger partial charge in [0.2, 0.25) is 0 Å². The van der Waals surface area contributed by atoms with Crippen LogP contribution in [0.4, 0.5) is 0 Å². The fourth-order valence-electron chi connectivity index (χ4n) is 2.60. The van der Waals surface area contributed by atoms with E-state index in [0.717, 1.165) is 0 Å². The Morgan fingerprint density at radius 1 is 1.28 bits per heavy atom. The van der Waals surface area contributed by atoms with Crippen molar-refractivity contribution >= 4 is 11.6 Å². The van der Waals surface area contributed by atoms with Crippen LogP contribution in [0.15, 0.2) is 41.6 Å². The lowest BCUT2D eigenvalue weighted by Crippen LogP contribution is -2.42. The standard InChI is InChI=1S/C17H20N6O2/c1-11(2)14(10-23-18-6-7-19-23)21-17(25)13-5-4-8-22-15(24)9-12(3)20-16(13)22/h4-9,11,14H,10H2,1-3H3,(H,21,25). The van der Waals surface area contributed by atoms with E-state index in [1.54, 1.807) is 42.4 Å². The molecular formula is C17H20N6O2. The van der Waals surface area contributed by atoms with Crippen molar-refractivity contribution in [1.29, 1.82) is 0 Å². The molecule has 0 saturated carbocycles. The summed E-state index contributed by atoms with van der Waals surface area (Å²) in [5.41, 5.74) is 1.08. The molecule has 130 valence electrons. The summed E-state index contributed by atoms with van der Waals surface area (Å²) in [7, 11) is 0. The van der Waals surface area contributed by atoms with Gasteiger partial charge in [0, 0.05) is 18.0 Å². The lowest BCUT2D eigenvalue weighted by atomic mass is 10.0. The highest BCUT2D eigenvalue weighted by molar-refractivity contribution is 5.99. The molecule has 0 aromatic carbocycles. The molecule has 0 radical (unpaired) electrons. The van der Waals surface area contributed by atoms with Gasteiger partial charge in [0.05, 0.1) is 30.5 Å². The third-order valence-electron chi connectivity index (χ3n) is 4.01. The number of nitrogens with one attached hydrogen (secondary N) is 1. The van der Waals surface area contributed by atoms with Crippen LogP contribution in [0.2, 0.25) is 0 Å². The van der Waals surface area contributed by atoms with E-state index in [9.17, 15) is 9.59 Å². The zero-order valence-corrected chi connectivity index (χ0v) is 14.4. The Morgan fingerprint density at radius 2 is 2.00 bits per heavy atom. The van der Waals surface area contributed by atoms with Crippen LogP contribution in [-0.4, -0.2) is 36.3 Å². The van der Waals surface area contributed by atoms with Crippen LogP contribution in [0, 0.1) is 12.8 Å². The molecule has 25 heavy (non-hydrogen) atoms. The fraction of sp³-hybridized carbons (Fsp3) is 0.353. The minimum absolute atomic E-state index is 0.156. The average Bonchev–Trinajstić information content (AvgIpc) is 3.06. The Balaban J connectivity index is 1.92. The van der Waals surface area contributed by atoms with E-state index < -0.39 is 0 Å². The molecular weight excluding hydrogens is 320 g/mol. The van der Waals surface area contributed by atoms with Gasteiger partial charge in [0.15, 0.2) is 5.65 Å². The highest BCUT2D eigenvalue weighted by Gasteiger charge is 2.20. The number of carbonyl (C=O) groups excluding carboxylic acids is 1. The van der Waals surface area contributed by atoms with Gasteiger partial charge in [0.1, 0.15) is 0 Å². The lowest BCUT2D eigenvalue weighted by Gasteiger charge is -2.22. The Kier molecular flexibility index (Phi) is 4.60. The van der Waals surface area contributed by atoms with Crippen LogP contribution in [-0.2, 0) is 6.54 Å². The summed E-state index contributed by atoms with van der Waals surface area (Å²) in [5.74, 6) is -0.0937. The number of nitrogens with zero attached hydrogens (tertiary/aromatic N) is 5. The van der Waals surface area contributed by atoms with Crippen molar-refractivity contribution in [3.05, 3.63) is 58.4 Å². The minimum atomic E-state index is -0.276. The second kappa shape index (κ2) is 6.84. The smallest absolute Gasteiger partial charge is 0.258 e. The van der Waals surface area contributed by atoms with Crippen LogP contribution in [0.3, 0.4) is 0 Å². The van der Waals surface area contributed by atoms with Crippen molar-refractivity contribution in [3.8, 4) is 0 Å². The predicted molar refractivity (Wildman–Crippen MR) is 92.3 cm³/mol. The van der Waals surface area contributed by atoms with Crippen molar-refractivity contribution < 1.29 is 4.79 Å². The highest BCUT2D eigenvalue weighted by Crippen LogP contribution is 2.10. The van der Waals surface area contributed by atoms with Crippen LogP contribution in [0.25, 0.3) is 5.65 Å². The van der Waals surface area contributed by atoms with Crippen LogP contribution in [0.1, 0.15) is 29.9 Å². The topological polar surface area (TPSA) is 94.2 Å². The van der Waals surface area contributed by atoms with Gasteiger partial charge >= 0.3 is 0 Å². The lowest BCUT2D eigenvalue weighted by molar-refractivity contribution is 0.0919. The van der Waals surface area contributed by atoms with Gasteiger partial charge in [-0.1, -0.05) is 13.8 Å². The zero-order valence-electron chi connectivity index (χ0n) is 14.4. The fourth-order valence-corrected chi connectivity index (χ4v) is 2.60. The summed E-state index contributed by atoms with van der Waals surface area (Å²) in [6, 6.07) is 4.62.